The van der Waals surface area contributed by atoms with E-state index in [0.29, 0.717) is 0 Å². The molecule has 1 aliphatic rings. The summed E-state index contributed by atoms with van der Waals surface area (Å²) in [6.07, 6.45) is 1.73. The van der Waals surface area contributed by atoms with E-state index in [1.807, 2.05) is 0 Å². The molecule has 4 N–H and O–H groups in total. The van der Waals surface area contributed by atoms with Crippen LogP contribution >= 0.6 is 0 Å². The van der Waals surface area contributed by atoms with E-state index < -0.39 is 10.2 Å². The molecule has 0 bridgehead atoms. The van der Waals surface area contributed by atoms with Crippen LogP contribution in [0.4, 0.5) is 0 Å². The lowest BCUT2D eigenvalue weighted by Gasteiger charge is -2.10. The zero-order valence-corrected chi connectivity index (χ0v) is 6.89. The highest BCUT2D eigenvalue weighted by Gasteiger charge is 2.42. The largest absolute Gasteiger partial charge is 0.396 e. The van der Waals surface area contributed by atoms with Gasteiger partial charge in [-0.2, -0.15) is 8.42 Å². The zero-order chi connectivity index (χ0) is 8.54. The van der Waals surface area contributed by atoms with Crippen LogP contribution < -0.4 is 9.86 Å². The van der Waals surface area contributed by atoms with E-state index >= 15 is 0 Å². The minimum Gasteiger partial charge on any atom is -0.396 e. The van der Waals surface area contributed by atoms with E-state index in [1.54, 1.807) is 0 Å². The van der Waals surface area contributed by atoms with Crippen molar-refractivity contribution >= 4 is 10.2 Å². The van der Waals surface area contributed by atoms with Gasteiger partial charge in [0.15, 0.2) is 0 Å². The Morgan fingerprint density at radius 1 is 1.55 bits per heavy atom. The summed E-state index contributed by atoms with van der Waals surface area (Å²) in [5.41, 5.74) is -0.216. The normalized spacial score (nSPS) is 21.6. The molecule has 0 atom stereocenters. The highest BCUT2D eigenvalue weighted by atomic mass is 32.2. The molecule has 11 heavy (non-hydrogen) atoms. The third-order valence-corrected chi connectivity index (χ3v) is 2.49. The lowest BCUT2D eigenvalue weighted by atomic mass is 10.1. The molecule has 1 saturated carbocycles. The van der Waals surface area contributed by atoms with Crippen molar-refractivity contribution in [3.05, 3.63) is 0 Å². The summed E-state index contributed by atoms with van der Waals surface area (Å²) in [5, 5.41) is 13.5. The molecule has 0 aromatic rings. The quantitative estimate of drug-likeness (QED) is 0.494. The number of nitrogens with two attached hydrogens (primary N) is 1. The van der Waals surface area contributed by atoms with E-state index in [1.165, 1.54) is 0 Å². The van der Waals surface area contributed by atoms with E-state index in [9.17, 15) is 8.42 Å². The predicted octanol–water partition coefficient (Wildman–Crippen LogP) is -1.45. The van der Waals surface area contributed by atoms with Gasteiger partial charge in [0, 0.05) is 18.6 Å². The van der Waals surface area contributed by atoms with Crippen molar-refractivity contribution in [1.82, 2.24) is 4.72 Å². The molecule has 1 aliphatic carbocycles. The second-order valence-electron chi connectivity index (χ2n) is 3.02. The minimum atomic E-state index is -3.59. The number of aliphatic hydroxyl groups excluding tert-OH is 1. The average Bonchev–Trinajstić information content (AvgIpc) is 2.63. The number of hydrogen-bond donors (Lipinski definition) is 3. The van der Waals surface area contributed by atoms with Crippen LogP contribution in [0.5, 0.6) is 0 Å². The molecule has 0 aliphatic heterocycles. The van der Waals surface area contributed by atoms with E-state index in [-0.39, 0.29) is 18.6 Å². The highest BCUT2D eigenvalue weighted by Crippen LogP contribution is 2.44. The van der Waals surface area contributed by atoms with Gasteiger partial charge in [-0.3, -0.25) is 0 Å². The van der Waals surface area contributed by atoms with Crippen molar-refractivity contribution in [2.45, 2.75) is 12.8 Å². The molecular weight excluding hydrogens is 168 g/mol. The smallest absolute Gasteiger partial charge is 0.274 e. The standard InChI is InChI=1S/C5H12N2O3S/c6-11(9,10)7-3-5(4-8)1-2-5/h7-8H,1-4H2,(H2,6,9,10). The topological polar surface area (TPSA) is 92.4 Å². The maximum absolute atomic E-state index is 10.4. The number of aliphatic hydroxyl groups is 1. The fraction of sp³-hybridized carbons (Fsp3) is 1.00. The monoisotopic (exact) mass is 180 g/mol. The molecular formula is C5H12N2O3S. The summed E-state index contributed by atoms with van der Waals surface area (Å²) < 4.78 is 23.0. The van der Waals surface area contributed by atoms with Crippen molar-refractivity contribution in [2.75, 3.05) is 13.2 Å². The maximum atomic E-state index is 10.4. The molecule has 0 aromatic heterocycles. The van der Waals surface area contributed by atoms with Crippen molar-refractivity contribution in [2.24, 2.45) is 10.6 Å². The van der Waals surface area contributed by atoms with Gasteiger partial charge in [0.2, 0.25) is 0 Å². The average molecular weight is 180 g/mol. The number of nitrogens with one attached hydrogen (secondary N) is 1. The predicted molar refractivity (Wildman–Crippen MR) is 39.9 cm³/mol. The van der Waals surface area contributed by atoms with Crippen LogP contribution in [0.15, 0.2) is 0 Å². The molecule has 0 amide bonds. The van der Waals surface area contributed by atoms with Gasteiger partial charge in [0.05, 0.1) is 0 Å². The lowest BCUT2D eigenvalue weighted by Crippen LogP contribution is -2.36. The summed E-state index contributed by atoms with van der Waals surface area (Å²) in [5.74, 6) is 0. The summed E-state index contributed by atoms with van der Waals surface area (Å²) in [7, 11) is -3.59. The number of rotatable bonds is 4. The molecule has 6 heteroatoms. The molecule has 1 rings (SSSR count). The molecule has 0 spiro atoms. The first kappa shape index (κ1) is 8.92. The van der Waals surface area contributed by atoms with E-state index in [2.05, 4.69) is 4.72 Å². The number of hydrogen-bond acceptors (Lipinski definition) is 3. The van der Waals surface area contributed by atoms with Crippen LogP contribution in [0, 0.1) is 5.41 Å². The molecule has 66 valence electrons. The summed E-state index contributed by atoms with van der Waals surface area (Å²) in [4.78, 5) is 0. The van der Waals surface area contributed by atoms with Crippen LogP contribution in [0.2, 0.25) is 0 Å². The Morgan fingerprint density at radius 3 is 2.36 bits per heavy atom. The van der Waals surface area contributed by atoms with Crippen molar-refractivity contribution in [1.29, 1.82) is 0 Å². The fourth-order valence-electron chi connectivity index (χ4n) is 0.821. The summed E-state index contributed by atoms with van der Waals surface area (Å²) in [6, 6.07) is 0. The molecule has 0 unspecified atom stereocenters. The van der Waals surface area contributed by atoms with E-state index in [0.717, 1.165) is 12.8 Å². The van der Waals surface area contributed by atoms with Gasteiger partial charge in [0.1, 0.15) is 0 Å². The SMILES string of the molecule is NS(=O)(=O)NCC1(CO)CC1. The lowest BCUT2D eigenvalue weighted by molar-refractivity contribution is 0.213. The van der Waals surface area contributed by atoms with Gasteiger partial charge < -0.3 is 5.11 Å². The van der Waals surface area contributed by atoms with E-state index in [4.69, 9.17) is 10.2 Å². The van der Waals surface area contributed by atoms with Crippen molar-refractivity contribution in [3.8, 4) is 0 Å². The Hall–Kier alpha value is -0.170. The van der Waals surface area contributed by atoms with Crippen LogP contribution in [-0.4, -0.2) is 26.7 Å². The molecule has 1 fully saturated rings. The second-order valence-corrected chi connectivity index (χ2v) is 4.40. The summed E-state index contributed by atoms with van der Waals surface area (Å²) >= 11 is 0. The van der Waals surface area contributed by atoms with Crippen molar-refractivity contribution < 1.29 is 13.5 Å². The maximum Gasteiger partial charge on any atom is 0.274 e. The first-order valence-electron chi connectivity index (χ1n) is 3.36. The van der Waals surface area contributed by atoms with Crippen molar-refractivity contribution in [3.63, 3.8) is 0 Å². The van der Waals surface area contributed by atoms with Gasteiger partial charge in [0.25, 0.3) is 10.2 Å². The van der Waals surface area contributed by atoms with Gasteiger partial charge in [-0.1, -0.05) is 0 Å². The van der Waals surface area contributed by atoms with Crippen LogP contribution in [-0.2, 0) is 10.2 Å². The highest BCUT2D eigenvalue weighted by molar-refractivity contribution is 7.87. The third-order valence-electron chi connectivity index (χ3n) is 1.94. The Labute approximate surface area is 65.8 Å². The first-order valence-corrected chi connectivity index (χ1v) is 4.90. The Balaban J connectivity index is 2.33. The van der Waals surface area contributed by atoms with Crippen LogP contribution in [0.25, 0.3) is 0 Å². The zero-order valence-electron chi connectivity index (χ0n) is 6.08. The van der Waals surface area contributed by atoms with Crippen LogP contribution in [0.1, 0.15) is 12.8 Å². The summed E-state index contributed by atoms with van der Waals surface area (Å²) in [6.45, 7) is 0.276. The van der Waals surface area contributed by atoms with Crippen LogP contribution in [0.3, 0.4) is 0 Å². The minimum absolute atomic E-state index is 0.0233. The van der Waals surface area contributed by atoms with Gasteiger partial charge in [-0.15, -0.1) is 0 Å². The Morgan fingerprint density at radius 2 is 2.09 bits per heavy atom. The molecule has 5 nitrogen and oxygen atoms in total. The molecule has 0 aromatic carbocycles. The fourth-order valence-corrected chi connectivity index (χ4v) is 1.33. The Kier molecular flexibility index (Phi) is 2.19. The molecule has 0 saturated heterocycles. The van der Waals surface area contributed by atoms with Gasteiger partial charge >= 0.3 is 0 Å². The van der Waals surface area contributed by atoms with Gasteiger partial charge in [-0.05, 0) is 12.8 Å². The first-order chi connectivity index (χ1) is 4.97. The van der Waals surface area contributed by atoms with Gasteiger partial charge in [-0.25, -0.2) is 9.86 Å². The Bertz CT molecular complexity index is 232. The molecule has 0 heterocycles. The second kappa shape index (κ2) is 2.71. The third kappa shape index (κ3) is 2.74. The molecule has 0 radical (unpaired) electrons.